The van der Waals surface area contributed by atoms with Crippen molar-refractivity contribution in [2.24, 2.45) is 0 Å². The monoisotopic (exact) mass is 396 g/mol. The molecule has 1 amide bonds. The van der Waals surface area contributed by atoms with Crippen LogP contribution in [-0.2, 0) is 6.42 Å². The zero-order valence-corrected chi connectivity index (χ0v) is 15.8. The number of carbonyl (C=O) groups excluding carboxylic acids is 1. The highest BCUT2D eigenvalue weighted by Gasteiger charge is 2.17. The first kappa shape index (κ1) is 18.0. The van der Waals surface area contributed by atoms with Crippen LogP contribution in [0.5, 0.6) is 5.75 Å². The summed E-state index contributed by atoms with van der Waals surface area (Å²) >= 11 is 6.14. The minimum absolute atomic E-state index is 0.313. The molecule has 0 aliphatic heterocycles. The fourth-order valence-corrected chi connectivity index (χ4v) is 3.10. The molecule has 8 nitrogen and oxygen atoms in total. The van der Waals surface area contributed by atoms with Gasteiger partial charge in [0.05, 0.1) is 30.4 Å². The maximum absolute atomic E-state index is 12.7. The Hall–Kier alpha value is -3.39. The molecule has 3 aromatic heterocycles. The van der Waals surface area contributed by atoms with Crippen molar-refractivity contribution in [3.8, 4) is 5.75 Å². The first-order valence-corrected chi connectivity index (χ1v) is 9.06. The molecule has 0 bridgehead atoms. The summed E-state index contributed by atoms with van der Waals surface area (Å²) in [5.74, 6) is 0.429. The number of rotatable bonds is 6. The van der Waals surface area contributed by atoms with Gasteiger partial charge >= 0.3 is 0 Å². The molecule has 0 saturated carbocycles. The summed E-state index contributed by atoms with van der Waals surface area (Å²) in [5, 5.41) is 14.6. The van der Waals surface area contributed by atoms with Gasteiger partial charge in [-0.25, -0.2) is 9.50 Å². The Morgan fingerprint density at radius 2 is 2.25 bits per heavy atom. The molecular weight excluding hydrogens is 380 g/mol. The van der Waals surface area contributed by atoms with E-state index in [1.54, 1.807) is 35.2 Å². The molecule has 9 heteroatoms. The van der Waals surface area contributed by atoms with Crippen LogP contribution < -0.4 is 10.1 Å². The number of nitrogens with one attached hydrogen (secondary N) is 2. The van der Waals surface area contributed by atoms with E-state index in [2.05, 4.69) is 25.6 Å². The zero-order chi connectivity index (χ0) is 19.5. The predicted octanol–water partition coefficient (Wildman–Crippen LogP) is 3.35. The summed E-state index contributed by atoms with van der Waals surface area (Å²) in [6, 6.07) is 7.20. The molecule has 0 unspecified atom stereocenters. The number of anilines is 1. The Balaban J connectivity index is 1.58. The molecule has 3 heterocycles. The largest absolute Gasteiger partial charge is 0.494 e. The lowest BCUT2D eigenvalue weighted by Crippen LogP contribution is -2.13. The summed E-state index contributed by atoms with van der Waals surface area (Å²) in [7, 11) is 0. The number of nitrogens with zero attached hydrogens (tertiary/aromatic N) is 4. The van der Waals surface area contributed by atoms with E-state index in [-0.39, 0.29) is 5.91 Å². The smallest absolute Gasteiger partial charge is 0.261 e. The van der Waals surface area contributed by atoms with Crippen LogP contribution in [0.25, 0.3) is 5.65 Å². The molecule has 4 rings (SSSR count). The van der Waals surface area contributed by atoms with Crippen molar-refractivity contribution < 1.29 is 9.53 Å². The molecule has 0 aliphatic rings. The number of aromatic nitrogens is 5. The normalized spacial score (nSPS) is 10.9. The molecule has 0 fully saturated rings. The van der Waals surface area contributed by atoms with Crippen LogP contribution in [0.3, 0.4) is 0 Å². The van der Waals surface area contributed by atoms with Crippen LogP contribution >= 0.6 is 11.6 Å². The van der Waals surface area contributed by atoms with Gasteiger partial charge in [0.2, 0.25) is 0 Å². The third-order valence-corrected chi connectivity index (χ3v) is 4.42. The average molecular weight is 397 g/mol. The number of hydrogen-bond donors (Lipinski definition) is 2. The fourth-order valence-electron chi connectivity index (χ4n) is 2.91. The van der Waals surface area contributed by atoms with Crippen molar-refractivity contribution in [1.29, 1.82) is 0 Å². The van der Waals surface area contributed by atoms with Gasteiger partial charge in [-0.05, 0) is 31.2 Å². The first-order valence-electron chi connectivity index (χ1n) is 8.69. The van der Waals surface area contributed by atoms with Gasteiger partial charge < -0.3 is 10.1 Å². The standard InChI is InChI=1S/C19H17ClN6O2/c1-2-28-17-5-4-13(20)8-12(17)9-15-16(11-22-25-15)24-19(27)14-10-23-26-7-3-6-21-18(14)26/h3-8,10-11H,2,9H2,1H3,(H,22,25)(H,24,27). The fraction of sp³-hybridized carbons (Fsp3) is 0.158. The zero-order valence-electron chi connectivity index (χ0n) is 15.0. The average Bonchev–Trinajstić information content (AvgIpc) is 3.31. The topological polar surface area (TPSA) is 97.2 Å². The van der Waals surface area contributed by atoms with Gasteiger partial charge in [0.1, 0.15) is 11.3 Å². The molecule has 4 aromatic rings. The summed E-state index contributed by atoms with van der Waals surface area (Å²) in [5.41, 5.74) is 3.07. The van der Waals surface area contributed by atoms with Gasteiger partial charge in [-0.3, -0.25) is 9.89 Å². The molecule has 0 spiro atoms. The maximum Gasteiger partial charge on any atom is 0.261 e. The third-order valence-electron chi connectivity index (χ3n) is 4.18. The SMILES string of the molecule is CCOc1ccc(Cl)cc1Cc1[nH]ncc1NC(=O)c1cnn2cccnc12. The predicted molar refractivity (Wildman–Crippen MR) is 105 cm³/mol. The number of ether oxygens (including phenoxy) is 1. The Labute approximate surface area is 165 Å². The minimum atomic E-state index is -0.313. The van der Waals surface area contributed by atoms with Gasteiger partial charge in [-0.1, -0.05) is 11.6 Å². The summed E-state index contributed by atoms with van der Waals surface area (Å²) in [6.45, 7) is 2.47. The van der Waals surface area contributed by atoms with E-state index in [4.69, 9.17) is 16.3 Å². The number of H-pyrrole nitrogens is 1. The van der Waals surface area contributed by atoms with E-state index in [9.17, 15) is 4.79 Å². The molecule has 0 aliphatic carbocycles. The number of carbonyl (C=O) groups is 1. The van der Waals surface area contributed by atoms with Gasteiger partial charge in [0, 0.05) is 29.4 Å². The number of hydrogen-bond acceptors (Lipinski definition) is 5. The van der Waals surface area contributed by atoms with Crippen molar-refractivity contribution in [3.63, 3.8) is 0 Å². The molecule has 0 atom stereocenters. The second kappa shape index (κ2) is 7.69. The van der Waals surface area contributed by atoms with Crippen LogP contribution in [0.4, 0.5) is 5.69 Å². The molecular formula is C19H17ClN6O2. The highest BCUT2D eigenvalue weighted by molar-refractivity contribution is 6.30. The van der Waals surface area contributed by atoms with Crippen molar-refractivity contribution in [2.75, 3.05) is 11.9 Å². The Morgan fingerprint density at radius 1 is 1.36 bits per heavy atom. The van der Waals surface area contributed by atoms with Crippen LogP contribution in [0.15, 0.2) is 49.1 Å². The Bertz CT molecular complexity index is 1140. The second-order valence-electron chi connectivity index (χ2n) is 6.02. The Kier molecular flexibility index (Phi) is 4.94. The van der Waals surface area contributed by atoms with E-state index < -0.39 is 0 Å². The molecule has 142 valence electrons. The number of aromatic amines is 1. The maximum atomic E-state index is 12.7. The molecule has 0 radical (unpaired) electrons. The van der Waals surface area contributed by atoms with Crippen LogP contribution in [0.1, 0.15) is 28.5 Å². The van der Waals surface area contributed by atoms with Gasteiger partial charge in [0.25, 0.3) is 5.91 Å². The van der Waals surface area contributed by atoms with E-state index in [1.807, 2.05) is 19.1 Å². The number of fused-ring (bicyclic) bond motifs is 1. The number of benzene rings is 1. The van der Waals surface area contributed by atoms with Crippen LogP contribution in [-0.4, -0.2) is 37.3 Å². The molecule has 1 aromatic carbocycles. The van der Waals surface area contributed by atoms with E-state index in [0.29, 0.717) is 34.9 Å². The third kappa shape index (κ3) is 3.54. The summed E-state index contributed by atoms with van der Waals surface area (Å²) in [4.78, 5) is 16.9. The van der Waals surface area contributed by atoms with Crippen molar-refractivity contribution in [1.82, 2.24) is 24.8 Å². The number of halogens is 1. The van der Waals surface area contributed by atoms with Gasteiger partial charge in [-0.2, -0.15) is 10.2 Å². The highest BCUT2D eigenvalue weighted by atomic mass is 35.5. The van der Waals surface area contributed by atoms with Crippen molar-refractivity contribution in [3.05, 3.63) is 70.9 Å². The first-order chi connectivity index (χ1) is 13.7. The lowest BCUT2D eigenvalue weighted by atomic mass is 10.1. The van der Waals surface area contributed by atoms with E-state index >= 15 is 0 Å². The van der Waals surface area contributed by atoms with Gasteiger partial charge in [-0.15, -0.1) is 0 Å². The molecule has 28 heavy (non-hydrogen) atoms. The summed E-state index contributed by atoms with van der Waals surface area (Å²) in [6.07, 6.45) is 6.87. The lowest BCUT2D eigenvalue weighted by Gasteiger charge is -2.11. The van der Waals surface area contributed by atoms with E-state index in [1.165, 1.54) is 6.20 Å². The second-order valence-corrected chi connectivity index (χ2v) is 6.46. The van der Waals surface area contributed by atoms with Gasteiger partial charge in [0.15, 0.2) is 5.65 Å². The van der Waals surface area contributed by atoms with Crippen molar-refractivity contribution in [2.45, 2.75) is 13.3 Å². The molecule has 2 N–H and O–H groups in total. The van der Waals surface area contributed by atoms with Crippen molar-refractivity contribution >= 4 is 28.8 Å². The van der Waals surface area contributed by atoms with E-state index in [0.717, 1.165) is 17.0 Å². The highest BCUT2D eigenvalue weighted by Crippen LogP contribution is 2.27. The van der Waals surface area contributed by atoms with Crippen LogP contribution in [0, 0.1) is 0 Å². The quantitative estimate of drug-likeness (QED) is 0.521. The number of amides is 1. The summed E-state index contributed by atoms with van der Waals surface area (Å²) < 4.78 is 7.22. The minimum Gasteiger partial charge on any atom is -0.494 e. The lowest BCUT2D eigenvalue weighted by molar-refractivity contribution is 0.102. The van der Waals surface area contributed by atoms with Crippen LogP contribution in [0.2, 0.25) is 5.02 Å². The molecule has 0 saturated heterocycles. The Morgan fingerprint density at radius 3 is 3.11 bits per heavy atom.